The number of nitrogens with zero attached hydrogens (tertiary/aromatic N) is 2. The van der Waals surface area contributed by atoms with Crippen molar-refractivity contribution in [1.82, 2.24) is 8.75 Å². The molecule has 1 unspecified atom stereocenters. The monoisotopic (exact) mass is 221 g/mol. The summed E-state index contributed by atoms with van der Waals surface area (Å²) < 4.78 is 7.71. The zero-order chi connectivity index (χ0) is 9.84. The summed E-state index contributed by atoms with van der Waals surface area (Å²) >= 11 is 6.75. The molecule has 1 atom stereocenters. The fourth-order valence-corrected chi connectivity index (χ4v) is 1.40. The van der Waals surface area contributed by atoms with Crippen LogP contribution in [-0.4, -0.2) is 26.5 Å². The van der Waals surface area contributed by atoms with Crippen LogP contribution in [0, 0.1) is 5.92 Å². The SMILES string of the molecule is CC(C)C(O)CNc1nsnc1Cl. The van der Waals surface area contributed by atoms with Gasteiger partial charge in [0.05, 0.1) is 17.8 Å². The molecule has 0 bridgehead atoms. The third kappa shape index (κ3) is 3.10. The Hall–Kier alpha value is -0.390. The summed E-state index contributed by atoms with van der Waals surface area (Å²) in [6.45, 7) is 4.35. The van der Waals surface area contributed by atoms with Crippen molar-refractivity contribution in [2.24, 2.45) is 5.92 Å². The van der Waals surface area contributed by atoms with E-state index in [1.165, 1.54) is 0 Å². The first-order chi connectivity index (χ1) is 6.11. The molecule has 0 saturated heterocycles. The fourth-order valence-electron chi connectivity index (χ4n) is 0.720. The molecular weight excluding hydrogens is 210 g/mol. The molecule has 0 aliphatic carbocycles. The number of halogens is 1. The highest BCUT2D eigenvalue weighted by atomic mass is 35.5. The number of rotatable bonds is 4. The van der Waals surface area contributed by atoms with E-state index in [4.69, 9.17) is 11.6 Å². The summed E-state index contributed by atoms with van der Waals surface area (Å²) in [7, 11) is 0. The van der Waals surface area contributed by atoms with Crippen molar-refractivity contribution in [3.63, 3.8) is 0 Å². The van der Waals surface area contributed by atoms with Gasteiger partial charge in [-0.25, -0.2) is 0 Å². The number of aromatic nitrogens is 2. The minimum atomic E-state index is -0.391. The molecule has 0 aliphatic rings. The van der Waals surface area contributed by atoms with Gasteiger partial charge in [0.15, 0.2) is 11.0 Å². The van der Waals surface area contributed by atoms with Gasteiger partial charge >= 0.3 is 0 Å². The lowest BCUT2D eigenvalue weighted by Crippen LogP contribution is -2.24. The van der Waals surface area contributed by atoms with Crippen LogP contribution >= 0.6 is 23.3 Å². The third-order valence-corrected chi connectivity index (χ3v) is 2.59. The second kappa shape index (κ2) is 4.74. The zero-order valence-corrected chi connectivity index (χ0v) is 9.06. The Morgan fingerprint density at radius 2 is 2.23 bits per heavy atom. The van der Waals surface area contributed by atoms with E-state index >= 15 is 0 Å². The maximum absolute atomic E-state index is 9.47. The van der Waals surface area contributed by atoms with E-state index in [2.05, 4.69) is 14.1 Å². The van der Waals surface area contributed by atoms with E-state index in [1.807, 2.05) is 13.8 Å². The van der Waals surface area contributed by atoms with Crippen molar-refractivity contribution >= 4 is 29.1 Å². The van der Waals surface area contributed by atoms with Crippen LogP contribution in [-0.2, 0) is 0 Å². The van der Waals surface area contributed by atoms with Crippen LogP contribution in [0.1, 0.15) is 13.8 Å². The molecule has 6 heteroatoms. The average molecular weight is 222 g/mol. The normalized spacial score (nSPS) is 13.3. The molecule has 1 aromatic heterocycles. The van der Waals surface area contributed by atoms with Crippen molar-refractivity contribution in [3.8, 4) is 0 Å². The summed E-state index contributed by atoms with van der Waals surface area (Å²) in [6, 6.07) is 0. The minimum Gasteiger partial charge on any atom is -0.391 e. The number of aliphatic hydroxyl groups excluding tert-OH is 1. The van der Waals surface area contributed by atoms with Gasteiger partial charge in [-0.15, -0.1) is 0 Å². The smallest absolute Gasteiger partial charge is 0.186 e. The Labute approximate surface area is 86.3 Å². The molecule has 13 heavy (non-hydrogen) atoms. The van der Waals surface area contributed by atoms with E-state index in [-0.39, 0.29) is 5.92 Å². The van der Waals surface area contributed by atoms with Crippen LogP contribution in [0.15, 0.2) is 0 Å². The van der Waals surface area contributed by atoms with Crippen LogP contribution < -0.4 is 5.32 Å². The highest BCUT2D eigenvalue weighted by Crippen LogP contribution is 2.17. The highest BCUT2D eigenvalue weighted by Gasteiger charge is 2.11. The van der Waals surface area contributed by atoms with Gasteiger partial charge in [0, 0.05) is 6.54 Å². The molecule has 0 aliphatic heterocycles. The molecule has 1 aromatic rings. The minimum absolute atomic E-state index is 0.220. The topological polar surface area (TPSA) is 58.0 Å². The van der Waals surface area contributed by atoms with Crippen molar-refractivity contribution in [1.29, 1.82) is 0 Å². The number of aliphatic hydroxyl groups is 1. The van der Waals surface area contributed by atoms with E-state index in [0.29, 0.717) is 17.5 Å². The molecule has 0 saturated carbocycles. The Morgan fingerprint density at radius 3 is 2.69 bits per heavy atom. The van der Waals surface area contributed by atoms with Crippen molar-refractivity contribution in [3.05, 3.63) is 5.15 Å². The van der Waals surface area contributed by atoms with Crippen LogP contribution in [0.25, 0.3) is 0 Å². The van der Waals surface area contributed by atoms with Gasteiger partial charge in [0.2, 0.25) is 0 Å². The highest BCUT2D eigenvalue weighted by molar-refractivity contribution is 6.99. The second-order valence-electron chi connectivity index (χ2n) is 3.10. The molecule has 2 N–H and O–H groups in total. The van der Waals surface area contributed by atoms with Crippen LogP contribution in [0.5, 0.6) is 0 Å². The number of anilines is 1. The maximum atomic E-state index is 9.47. The average Bonchev–Trinajstić information content (AvgIpc) is 2.47. The molecular formula is C7H12ClN3OS. The summed E-state index contributed by atoms with van der Waals surface area (Å²) in [5.74, 6) is 0.768. The predicted molar refractivity (Wildman–Crippen MR) is 54.3 cm³/mol. The van der Waals surface area contributed by atoms with E-state index in [0.717, 1.165) is 11.7 Å². The van der Waals surface area contributed by atoms with Crippen molar-refractivity contribution < 1.29 is 5.11 Å². The van der Waals surface area contributed by atoms with E-state index in [1.54, 1.807) is 0 Å². The molecule has 1 heterocycles. The first kappa shape index (κ1) is 10.7. The van der Waals surface area contributed by atoms with Crippen LogP contribution in [0.3, 0.4) is 0 Å². The molecule has 74 valence electrons. The Bertz CT molecular complexity index is 266. The molecule has 0 spiro atoms. The van der Waals surface area contributed by atoms with E-state index in [9.17, 15) is 5.11 Å². The van der Waals surface area contributed by atoms with E-state index < -0.39 is 6.10 Å². The molecule has 0 amide bonds. The molecule has 0 fully saturated rings. The van der Waals surface area contributed by atoms with Gasteiger partial charge in [0.25, 0.3) is 0 Å². The molecule has 0 radical (unpaired) electrons. The lowest BCUT2D eigenvalue weighted by atomic mass is 10.1. The predicted octanol–water partition coefficient (Wildman–Crippen LogP) is 1.62. The standard InChI is InChI=1S/C7H12ClN3OS/c1-4(2)5(12)3-9-7-6(8)10-13-11-7/h4-5,12H,3H2,1-2H3,(H,9,11). The molecule has 0 aromatic carbocycles. The van der Waals surface area contributed by atoms with Gasteiger partial charge in [-0.1, -0.05) is 25.4 Å². The largest absolute Gasteiger partial charge is 0.391 e. The second-order valence-corrected chi connectivity index (χ2v) is 3.98. The summed E-state index contributed by atoms with van der Waals surface area (Å²) in [5, 5.41) is 12.8. The van der Waals surface area contributed by atoms with Crippen LogP contribution in [0.2, 0.25) is 5.15 Å². The van der Waals surface area contributed by atoms with Crippen molar-refractivity contribution in [2.45, 2.75) is 20.0 Å². The Balaban J connectivity index is 2.39. The molecule has 1 rings (SSSR count). The van der Waals surface area contributed by atoms with Gasteiger partial charge in [0.1, 0.15) is 0 Å². The summed E-state index contributed by atoms with van der Waals surface area (Å²) in [6.07, 6.45) is -0.391. The lowest BCUT2D eigenvalue weighted by Gasteiger charge is -2.14. The zero-order valence-electron chi connectivity index (χ0n) is 7.49. The lowest BCUT2D eigenvalue weighted by molar-refractivity contribution is 0.138. The number of hydrogen-bond donors (Lipinski definition) is 2. The van der Waals surface area contributed by atoms with Crippen LogP contribution in [0.4, 0.5) is 5.82 Å². The number of nitrogens with one attached hydrogen (secondary N) is 1. The fraction of sp³-hybridized carbons (Fsp3) is 0.714. The third-order valence-electron chi connectivity index (χ3n) is 1.70. The number of hydrogen-bond acceptors (Lipinski definition) is 5. The first-order valence-electron chi connectivity index (χ1n) is 4.01. The molecule has 4 nitrogen and oxygen atoms in total. The first-order valence-corrected chi connectivity index (χ1v) is 5.12. The maximum Gasteiger partial charge on any atom is 0.186 e. The van der Waals surface area contributed by atoms with Gasteiger partial charge in [-0.3, -0.25) is 0 Å². The summed E-state index contributed by atoms with van der Waals surface area (Å²) in [5.41, 5.74) is 0. The van der Waals surface area contributed by atoms with Gasteiger partial charge in [-0.05, 0) is 5.92 Å². The van der Waals surface area contributed by atoms with Gasteiger partial charge in [-0.2, -0.15) is 8.75 Å². The Morgan fingerprint density at radius 1 is 1.54 bits per heavy atom. The van der Waals surface area contributed by atoms with Crippen molar-refractivity contribution in [2.75, 3.05) is 11.9 Å². The van der Waals surface area contributed by atoms with Gasteiger partial charge < -0.3 is 10.4 Å². The summed E-state index contributed by atoms with van der Waals surface area (Å²) in [4.78, 5) is 0. The Kier molecular flexibility index (Phi) is 3.90. The quantitative estimate of drug-likeness (QED) is 0.812.